The van der Waals surface area contributed by atoms with Crippen LogP contribution in [-0.4, -0.2) is 49.7 Å². The number of unbranched alkanes of at least 4 members (excludes halogenated alkanes) is 1. The van der Waals surface area contributed by atoms with E-state index in [0.717, 1.165) is 24.9 Å². The molecule has 0 radical (unpaired) electrons. The summed E-state index contributed by atoms with van der Waals surface area (Å²) >= 11 is 0. The molecule has 4 N–H and O–H groups in total. The van der Waals surface area contributed by atoms with Crippen molar-refractivity contribution >= 4 is 11.8 Å². The highest BCUT2D eigenvalue weighted by molar-refractivity contribution is 5.88. The van der Waals surface area contributed by atoms with Crippen LogP contribution in [0.15, 0.2) is 24.3 Å². The van der Waals surface area contributed by atoms with Crippen LogP contribution in [0.2, 0.25) is 0 Å². The van der Waals surface area contributed by atoms with Crippen LogP contribution >= 0.6 is 0 Å². The van der Waals surface area contributed by atoms with Crippen LogP contribution in [-0.2, 0) is 16.2 Å². The maximum atomic E-state index is 12.1. The fourth-order valence-corrected chi connectivity index (χ4v) is 2.29. The molecule has 0 bridgehead atoms. The van der Waals surface area contributed by atoms with E-state index in [-0.39, 0.29) is 25.0 Å². The quantitative estimate of drug-likeness (QED) is 0.413. The Bertz CT molecular complexity index is 520. The fourth-order valence-electron chi connectivity index (χ4n) is 2.29. The molecule has 1 aromatic carbocycles. The summed E-state index contributed by atoms with van der Waals surface area (Å²) in [5, 5.41) is 17.5. The predicted octanol–water partition coefficient (Wildman–Crippen LogP) is 0.568. The van der Waals surface area contributed by atoms with Crippen LogP contribution in [0.5, 0.6) is 5.75 Å². The molecule has 0 spiro atoms. The van der Waals surface area contributed by atoms with Crippen molar-refractivity contribution in [2.75, 3.05) is 26.7 Å². The highest BCUT2D eigenvalue weighted by Gasteiger charge is 2.19. The molecule has 7 nitrogen and oxygen atoms in total. The van der Waals surface area contributed by atoms with Gasteiger partial charge in [0.25, 0.3) is 5.91 Å². The number of aliphatic hydroxyl groups is 1. The van der Waals surface area contributed by atoms with Gasteiger partial charge in [-0.3, -0.25) is 9.59 Å². The second-order valence-corrected chi connectivity index (χ2v) is 5.70. The number of likely N-dealkylation sites (N-methyl/N-ethyl adjacent to an activating group) is 1. The summed E-state index contributed by atoms with van der Waals surface area (Å²) in [4.78, 5) is 24.2. The first-order chi connectivity index (χ1) is 12.1. The van der Waals surface area contributed by atoms with E-state index in [0.29, 0.717) is 18.7 Å². The van der Waals surface area contributed by atoms with Crippen LogP contribution < -0.4 is 20.7 Å². The number of ether oxygens (including phenoxy) is 1. The Morgan fingerprint density at radius 1 is 1.20 bits per heavy atom. The zero-order chi connectivity index (χ0) is 18.5. The van der Waals surface area contributed by atoms with Gasteiger partial charge in [0.2, 0.25) is 5.91 Å². The Morgan fingerprint density at radius 2 is 1.92 bits per heavy atom. The fraction of sp³-hybridized carbons (Fsp3) is 0.556. The SMILES string of the molecule is CCNC(=O)C(CCCCNC)NC(=O)COc1ccc(CO)cc1. The third kappa shape index (κ3) is 8.51. The van der Waals surface area contributed by atoms with E-state index < -0.39 is 6.04 Å². The van der Waals surface area contributed by atoms with Gasteiger partial charge in [0.05, 0.1) is 6.61 Å². The number of nitrogens with one attached hydrogen (secondary N) is 3. The zero-order valence-corrected chi connectivity index (χ0v) is 15.0. The largest absolute Gasteiger partial charge is 0.484 e. The van der Waals surface area contributed by atoms with Gasteiger partial charge in [-0.2, -0.15) is 0 Å². The molecule has 1 aromatic rings. The van der Waals surface area contributed by atoms with Gasteiger partial charge >= 0.3 is 0 Å². The first-order valence-electron chi connectivity index (χ1n) is 8.65. The average molecular weight is 351 g/mol. The van der Waals surface area contributed by atoms with Crippen LogP contribution in [0.3, 0.4) is 0 Å². The number of benzene rings is 1. The third-order valence-electron chi connectivity index (χ3n) is 3.65. The molecule has 0 aliphatic carbocycles. The van der Waals surface area contributed by atoms with Crippen molar-refractivity contribution in [3.63, 3.8) is 0 Å². The topological polar surface area (TPSA) is 99.7 Å². The normalized spacial score (nSPS) is 11.6. The lowest BCUT2D eigenvalue weighted by Gasteiger charge is -2.18. The molecule has 25 heavy (non-hydrogen) atoms. The minimum atomic E-state index is -0.551. The van der Waals surface area contributed by atoms with E-state index in [2.05, 4.69) is 16.0 Å². The van der Waals surface area contributed by atoms with E-state index in [4.69, 9.17) is 9.84 Å². The number of rotatable bonds is 12. The molecular weight excluding hydrogens is 322 g/mol. The average Bonchev–Trinajstić information content (AvgIpc) is 2.63. The van der Waals surface area contributed by atoms with Gasteiger partial charge < -0.3 is 25.8 Å². The smallest absolute Gasteiger partial charge is 0.258 e. The van der Waals surface area contributed by atoms with Gasteiger partial charge in [-0.1, -0.05) is 12.1 Å². The zero-order valence-electron chi connectivity index (χ0n) is 15.0. The molecule has 0 saturated carbocycles. The summed E-state index contributed by atoms with van der Waals surface area (Å²) in [6.45, 7) is 3.04. The Balaban J connectivity index is 2.47. The number of carbonyl (C=O) groups excluding carboxylic acids is 2. The van der Waals surface area contributed by atoms with Crippen LogP contribution in [0.25, 0.3) is 0 Å². The second-order valence-electron chi connectivity index (χ2n) is 5.70. The van der Waals surface area contributed by atoms with Gasteiger partial charge in [0, 0.05) is 6.54 Å². The molecule has 1 rings (SSSR count). The molecule has 0 heterocycles. The summed E-state index contributed by atoms with van der Waals surface area (Å²) in [6, 6.07) is 6.29. The maximum Gasteiger partial charge on any atom is 0.258 e. The van der Waals surface area contributed by atoms with Gasteiger partial charge in [0.1, 0.15) is 11.8 Å². The van der Waals surface area contributed by atoms with Crippen LogP contribution in [0.1, 0.15) is 31.7 Å². The standard InChI is InChI=1S/C18H29N3O4/c1-3-20-18(24)16(6-4-5-11-19-2)21-17(23)13-25-15-9-7-14(12-22)8-10-15/h7-10,16,19,22H,3-6,11-13H2,1-2H3,(H,20,24)(H,21,23). The van der Waals surface area contributed by atoms with Gasteiger partial charge in [-0.15, -0.1) is 0 Å². The van der Waals surface area contributed by atoms with E-state index in [9.17, 15) is 9.59 Å². The first kappa shape index (κ1) is 20.9. The summed E-state index contributed by atoms with van der Waals surface area (Å²) < 4.78 is 5.42. The van der Waals surface area contributed by atoms with E-state index in [1.54, 1.807) is 24.3 Å². The third-order valence-corrected chi connectivity index (χ3v) is 3.65. The number of carbonyl (C=O) groups is 2. The maximum absolute atomic E-state index is 12.1. The lowest BCUT2D eigenvalue weighted by molar-refractivity contribution is -0.130. The van der Waals surface area contributed by atoms with Crippen molar-refractivity contribution < 1.29 is 19.4 Å². The second kappa shape index (κ2) is 12.3. The lowest BCUT2D eigenvalue weighted by atomic mass is 10.1. The highest BCUT2D eigenvalue weighted by Crippen LogP contribution is 2.12. The summed E-state index contributed by atoms with van der Waals surface area (Å²) in [5.74, 6) is 0.0274. The minimum Gasteiger partial charge on any atom is -0.484 e. The summed E-state index contributed by atoms with van der Waals surface area (Å²) in [6.07, 6.45) is 2.37. The van der Waals surface area contributed by atoms with Crippen molar-refractivity contribution in [2.45, 2.75) is 38.8 Å². The van der Waals surface area contributed by atoms with Gasteiger partial charge in [-0.25, -0.2) is 0 Å². The molecule has 7 heteroatoms. The molecule has 0 aliphatic heterocycles. The molecular formula is C18H29N3O4. The van der Waals surface area contributed by atoms with Crippen molar-refractivity contribution in [2.24, 2.45) is 0 Å². The minimum absolute atomic E-state index is 0.0391. The number of hydrogen-bond acceptors (Lipinski definition) is 5. The van der Waals surface area contributed by atoms with E-state index >= 15 is 0 Å². The lowest BCUT2D eigenvalue weighted by Crippen LogP contribution is -2.48. The Labute approximate surface area is 149 Å². The van der Waals surface area contributed by atoms with Gasteiger partial charge in [0.15, 0.2) is 6.61 Å². The highest BCUT2D eigenvalue weighted by atomic mass is 16.5. The van der Waals surface area contributed by atoms with Crippen molar-refractivity contribution in [1.82, 2.24) is 16.0 Å². The molecule has 0 aromatic heterocycles. The van der Waals surface area contributed by atoms with E-state index in [1.165, 1.54) is 0 Å². The molecule has 0 saturated heterocycles. The number of aliphatic hydroxyl groups excluding tert-OH is 1. The molecule has 140 valence electrons. The van der Waals surface area contributed by atoms with Gasteiger partial charge in [-0.05, 0) is 57.5 Å². The van der Waals surface area contributed by atoms with Crippen molar-refractivity contribution in [3.05, 3.63) is 29.8 Å². The number of hydrogen-bond donors (Lipinski definition) is 4. The first-order valence-corrected chi connectivity index (χ1v) is 8.65. The predicted molar refractivity (Wildman–Crippen MR) is 96.3 cm³/mol. The Hall–Kier alpha value is -2.12. The van der Waals surface area contributed by atoms with E-state index in [1.807, 2.05) is 14.0 Å². The monoisotopic (exact) mass is 351 g/mol. The number of amides is 2. The Morgan fingerprint density at radius 3 is 2.52 bits per heavy atom. The molecule has 1 unspecified atom stereocenters. The molecule has 0 fully saturated rings. The summed E-state index contributed by atoms with van der Waals surface area (Å²) in [7, 11) is 1.88. The molecule has 0 aliphatic rings. The summed E-state index contributed by atoms with van der Waals surface area (Å²) in [5.41, 5.74) is 0.773. The van der Waals surface area contributed by atoms with Crippen LogP contribution in [0.4, 0.5) is 0 Å². The van der Waals surface area contributed by atoms with Crippen LogP contribution in [0, 0.1) is 0 Å². The van der Waals surface area contributed by atoms with Crippen molar-refractivity contribution in [3.8, 4) is 5.75 Å². The molecule has 1 atom stereocenters. The Kier molecular flexibility index (Phi) is 10.3. The molecule has 2 amide bonds. The van der Waals surface area contributed by atoms with Crippen molar-refractivity contribution in [1.29, 1.82) is 0 Å².